The number of hydrogen-bond acceptors (Lipinski definition) is 2. The third kappa shape index (κ3) is 3.75. The van der Waals surface area contributed by atoms with Gasteiger partial charge in [0, 0.05) is 24.7 Å². The molecule has 18 heavy (non-hydrogen) atoms. The van der Waals surface area contributed by atoms with Crippen molar-refractivity contribution < 1.29 is 8.78 Å². The SMILES string of the molecule is CN(CCNCC(F)(F)c1ccccc1)C1CC1. The molecule has 0 aromatic heterocycles. The summed E-state index contributed by atoms with van der Waals surface area (Å²) < 4.78 is 27.6. The van der Waals surface area contributed by atoms with Crippen LogP contribution in [0.15, 0.2) is 30.3 Å². The molecule has 1 aliphatic rings. The van der Waals surface area contributed by atoms with Crippen LogP contribution < -0.4 is 5.32 Å². The zero-order valence-electron chi connectivity index (χ0n) is 10.7. The second-order valence-electron chi connectivity index (χ2n) is 4.96. The second kappa shape index (κ2) is 5.76. The van der Waals surface area contributed by atoms with Crippen LogP contribution in [0.5, 0.6) is 0 Å². The number of halogens is 2. The van der Waals surface area contributed by atoms with Crippen LogP contribution in [0, 0.1) is 0 Å². The number of nitrogens with one attached hydrogen (secondary N) is 1. The van der Waals surface area contributed by atoms with Gasteiger partial charge in [-0.1, -0.05) is 30.3 Å². The summed E-state index contributed by atoms with van der Waals surface area (Å²) in [6.07, 6.45) is 2.49. The predicted octanol–water partition coefficient (Wildman–Crippen LogP) is 2.46. The van der Waals surface area contributed by atoms with Gasteiger partial charge in [0.2, 0.25) is 0 Å². The van der Waals surface area contributed by atoms with Crippen LogP contribution in [0.4, 0.5) is 8.78 Å². The van der Waals surface area contributed by atoms with Crippen molar-refractivity contribution in [2.24, 2.45) is 0 Å². The van der Waals surface area contributed by atoms with E-state index in [0.29, 0.717) is 12.6 Å². The van der Waals surface area contributed by atoms with E-state index in [1.807, 2.05) is 0 Å². The summed E-state index contributed by atoms with van der Waals surface area (Å²) >= 11 is 0. The van der Waals surface area contributed by atoms with E-state index in [4.69, 9.17) is 0 Å². The average molecular weight is 254 g/mol. The molecular weight excluding hydrogens is 234 g/mol. The van der Waals surface area contributed by atoms with Gasteiger partial charge in [0.1, 0.15) is 0 Å². The summed E-state index contributed by atoms with van der Waals surface area (Å²) in [7, 11) is 2.05. The molecule has 1 aromatic rings. The Kier molecular flexibility index (Phi) is 4.30. The van der Waals surface area contributed by atoms with Crippen LogP contribution in [0.25, 0.3) is 0 Å². The zero-order valence-corrected chi connectivity index (χ0v) is 10.7. The number of likely N-dealkylation sites (N-methyl/N-ethyl adjacent to an activating group) is 1. The normalized spacial score (nSPS) is 16.2. The van der Waals surface area contributed by atoms with Gasteiger partial charge in [0.15, 0.2) is 0 Å². The van der Waals surface area contributed by atoms with E-state index in [1.165, 1.54) is 25.0 Å². The molecule has 1 saturated carbocycles. The highest BCUT2D eigenvalue weighted by Crippen LogP contribution is 2.27. The maximum absolute atomic E-state index is 13.8. The molecule has 1 aromatic carbocycles. The molecule has 100 valence electrons. The first kappa shape index (κ1) is 13.4. The standard InChI is InChI=1S/C14H20F2N2/c1-18(13-7-8-13)10-9-17-11-14(15,16)12-5-3-2-4-6-12/h2-6,13,17H,7-11H2,1H3. The topological polar surface area (TPSA) is 15.3 Å². The van der Waals surface area contributed by atoms with Gasteiger partial charge in [0.25, 0.3) is 5.92 Å². The van der Waals surface area contributed by atoms with Crippen molar-refractivity contribution in [2.45, 2.75) is 24.8 Å². The monoisotopic (exact) mass is 254 g/mol. The highest BCUT2D eigenvalue weighted by Gasteiger charge is 2.31. The summed E-state index contributed by atoms with van der Waals surface area (Å²) in [5.41, 5.74) is 0.0769. The maximum atomic E-state index is 13.8. The highest BCUT2D eigenvalue weighted by atomic mass is 19.3. The number of hydrogen-bond donors (Lipinski definition) is 1. The lowest BCUT2D eigenvalue weighted by atomic mass is 10.1. The smallest absolute Gasteiger partial charge is 0.285 e. The predicted molar refractivity (Wildman–Crippen MR) is 68.9 cm³/mol. The fourth-order valence-electron chi connectivity index (χ4n) is 1.98. The average Bonchev–Trinajstić information content (AvgIpc) is 3.20. The second-order valence-corrected chi connectivity index (χ2v) is 4.96. The Bertz CT molecular complexity index is 363. The van der Waals surface area contributed by atoms with Crippen LogP contribution in [0.1, 0.15) is 18.4 Å². The first-order chi connectivity index (χ1) is 8.59. The lowest BCUT2D eigenvalue weighted by Gasteiger charge is -2.19. The van der Waals surface area contributed by atoms with Crippen molar-refractivity contribution >= 4 is 0 Å². The summed E-state index contributed by atoms with van der Waals surface area (Å²) in [5.74, 6) is -2.79. The lowest BCUT2D eigenvalue weighted by molar-refractivity contribution is -0.00331. The van der Waals surface area contributed by atoms with Gasteiger partial charge in [-0.3, -0.25) is 0 Å². The first-order valence-electron chi connectivity index (χ1n) is 6.44. The van der Waals surface area contributed by atoms with E-state index in [0.717, 1.165) is 6.54 Å². The molecule has 1 N–H and O–H groups in total. The number of rotatable bonds is 7. The van der Waals surface area contributed by atoms with Crippen molar-refractivity contribution in [2.75, 3.05) is 26.7 Å². The Morgan fingerprint density at radius 3 is 2.56 bits per heavy atom. The van der Waals surface area contributed by atoms with E-state index in [9.17, 15) is 8.78 Å². The molecule has 0 atom stereocenters. The minimum absolute atomic E-state index is 0.0769. The molecule has 1 fully saturated rings. The van der Waals surface area contributed by atoms with E-state index in [-0.39, 0.29) is 12.1 Å². The molecule has 4 heteroatoms. The number of alkyl halides is 2. The molecule has 2 nitrogen and oxygen atoms in total. The van der Waals surface area contributed by atoms with Gasteiger partial charge in [-0.2, -0.15) is 8.78 Å². The van der Waals surface area contributed by atoms with Crippen molar-refractivity contribution in [3.05, 3.63) is 35.9 Å². The van der Waals surface area contributed by atoms with Crippen LogP contribution >= 0.6 is 0 Å². The molecule has 0 amide bonds. The summed E-state index contributed by atoms with van der Waals surface area (Å²) in [6, 6.07) is 8.66. The Hall–Kier alpha value is -1.00. The fourth-order valence-corrected chi connectivity index (χ4v) is 1.98. The van der Waals surface area contributed by atoms with Gasteiger partial charge >= 0.3 is 0 Å². The first-order valence-corrected chi connectivity index (χ1v) is 6.44. The molecule has 0 bridgehead atoms. The molecule has 0 spiro atoms. The molecular formula is C14H20F2N2. The van der Waals surface area contributed by atoms with Crippen LogP contribution in [-0.2, 0) is 5.92 Å². The highest BCUT2D eigenvalue weighted by molar-refractivity contribution is 5.20. The van der Waals surface area contributed by atoms with Gasteiger partial charge < -0.3 is 10.2 Å². The lowest BCUT2D eigenvalue weighted by Crippen LogP contribution is -2.36. The quantitative estimate of drug-likeness (QED) is 0.752. The molecule has 0 unspecified atom stereocenters. The Morgan fingerprint density at radius 1 is 1.28 bits per heavy atom. The Labute approximate surface area is 107 Å². The zero-order chi connectivity index (χ0) is 13.0. The molecule has 2 rings (SSSR count). The molecule has 0 aliphatic heterocycles. The largest absolute Gasteiger partial charge is 0.310 e. The third-order valence-corrected chi connectivity index (χ3v) is 3.35. The van der Waals surface area contributed by atoms with Crippen LogP contribution in [0.3, 0.4) is 0 Å². The van der Waals surface area contributed by atoms with Gasteiger partial charge in [-0.25, -0.2) is 0 Å². The van der Waals surface area contributed by atoms with Crippen molar-refractivity contribution in [3.8, 4) is 0 Å². The molecule has 0 heterocycles. The molecule has 0 radical (unpaired) electrons. The number of nitrogens with zero attached hydrogens (tertiary/aromatic N) is 1. The van der Waals surface area contributed by atoms with Crippen LogP contribution in [-0.4, -0.2) is 37.6 Å². The van der Waals surface area contributed by atoms with Gasteiger partial charge in [-0.15, -0.1) is 0 Å². The third-order valence-electron chi connectivity index (χ3n) is 3.35. The van der Waals surface area contributed by atoms with E-state index in [1.54, 1.807) is 18.2 Å². The van der Waals surface area contributed by atoms with Crippen molar-refractivity contribution in [1.29, 1.82) is 0 Å². The van der Waals surface area contributed by atoms with Gasteiger partial charge in [-0.05, 0) is 19.9 Å². The Morgan fingerprint density at radius 2 is 1.94 bits per heavy atom. The van der Waals surface area contributed by atoms with E-state index >= 15 is 0 Å². The minimum Gasteiger partial charge on any atom is -0.310 e. The number of benzene rings is 1. The molecule has 1 aliphatic carbocycles. The van der Waals surface area contributed by atoms with Crippen LogP contribution in [0.2, 0.25) is 0 Å². The van der Waals surface area contributed by atoms with E-state index in [2.05, 4.69) is 17.3 Å². The summed E-state index contributed by atoms with van der Waals surface area (Å²) in [5, 5.41) is 2.85. The summed E-state index contributed by atoms with van der Waals surface area (Å²) in [6.45, 7) is 1.14. The Balaban J connectivity index is 1.71. The van der Waals surface area contributed by atoms with Crippen molar-refractivity contribution in [1.82, 2.24) is 10.2 Å². The fraction of sp³-hybridized carbons (Fsp3) is 0.571. The molecule has 0 saturated heterocycles. The van der Waals surface area contributed by atoms with Gasteiger partial charge in [0.05, 0.1) is 6.54 Å². The minimum atomic E-state index is -2.79. The van der Waals surface area contributed by atoms with E-state index < -0.39 is 5.92 Å². The summed E-state index contributed by atoms with van der Waals surface area (Å²) in [4.78, 5) is 2.23. The maximum Gasteiger partial charge on any atom is 0.285 e. The van der Waals surface area contributed by atoms with Crippen molar-refractivity contribution in [3.63, 3.8) is 0 Å².